The Labute approximate surface area is 136 Å². The van der Waals surface area contributed by atoms with E-state index in [-0.39, 0.29) is 11.9 Å². The lowest BCUT2D eigenvalue weighted by Crippen LogP contribution is -2.37. The smallest absolute Gasteiger partial charge is 0.269 e. The zero-order valence-corrected chi connectivity index (χ0v) is 14.3. The molecule has 0 radical (unpaired) electrons. The van der Waals surface area contributed by atoms with Gasteiger partial charge in [-0.3, -0.25) is 14.6 Å². The summed E-state index contributed by atoms with van der Waals surface area (Å²) in [5.41, 5.74) is 4.25. The Morgan fingerprint density at radius 1 is 1.30 bits per heavy atom. The number of nitrogens with one attached hydrogen (secondary N) is 2. The fraction of sp³-hybridized carbons (Fsp3) is 0.588. The van der Waals surface area contributed by atoms with E-state index in [1.165, 1.54) is 12.8 Å². The van der Waals surface area contributed by atoms with Crippen LogP contribution in [0.15, 0.2) is 6.07 Å². The molecular formula is C17H25N5O. The molecule has 2 aromatic heterocycles. The van der Waals surface area contributed by atoms with Crippen LogP contribution in [0.5, 0.6) is 0 Å². The first-order chi connectivity index (χ1) is 11.0. The standard InChI is InChI=1S/C17H25N5O/c1-10-5-7-13(8-6-10)18-17(23)15-9-14(19-20-15)16-11(2)21-22(4)12(16)3/h9-10,13H,5-8H2,1-4H3,(H,18,23)(H,19,20). The van der Waals surface area contributed by atoms with Crippen LogP contribution in [0.1, 0.15) is 54.5 Å². The van der Waals surface area contributed by atoms with Gasteiger partial charge in [-0.2, -0.15) is 10.2 Å². The molecule has 6 heteroatoms. The average Bonchev–Trinajstić information content (AvgIpc) is 3.07. The highest BCUT2D eigenvalue weighted by molar-refractivity contribution is 5.93. The van der Waals surface area contributed by atoms with E-state index in [1.807, 2.05) is 31.6 Å². The SMILES string of the molecule is Cc1nn(C)c(C)c1-c1cc(C(=O)NC2CCC(C)CC2)[nH]n1. The minimum Gasteiger partial charge on any atom is -0.348 e. The van der Waals surface area contributed by atoms with Gasteiger partial charge in [0.15, 0.2) is 0 Å². The summed E-state index contributed by atoms with van der Waals surface area (Å²) >= 11 is 0. The summed E-state index contributed by atoms with van der Waals surface area (Å²) < 4.78 is 1.84. The summed E-state index contributed by atoms with van der Waals surface area (Å²) in [7, 11) is 1.91. The number of carbonyl (C=O) groups is 1. The summed E-state index contributed by atoms with van der Waals surface area (Å²) in [5, 5.41) is 14.7. The van der Waals surface area contributed by atoms with Crippen molar-refractivity contribution >= 4 is 5.91 Å². The normalized spacial score (nSPS) is 21.4. The summed E-state index contributed by atoms with van der Waals surface area (Å²) in [6, 6.07) is 2.10. The zero-order chi connectivity index (χ0) is 16.6. The van der Waals surface area contributed by atoms with Gasteiger partial charge in [0.1, 0.15) is 5.69 Å². The molecule has 2 aromatic rings. The molecule has 2 N–H and O–H groups in total. The van der Waals surface area contributed by atoms with Crippen LogP contribution in [0.4, 0.5) is 0 Å². The first-order valence-corrected chi connectivity index (χ1v) is 8.32. The second kappa shape index (κ2) is 6.18. The molecule has 1 saturated carbocycles. The third-order valence-corrected chi connectivity index (χ3v) is 4.94. The minimum absolute atomic E-state index is 0.0671. The number of carbonyl (C=O) groups excluding carboxylic acids is 1. The van der Waals surface area contributed by atoms with E-state index in [0.29, 0.717) is 5.69 Å². The average molecular weight is 315 g/mol. The number of hydrogen-bond donors (Lipinski definition) is 2. The fourth-order valence-electron chi connectivity index (χ4n) is 3.38. The molecule has 0 saturated heterocycles. The third-order valence-electron chi connectivity index (χ3n) is 4.94. The summed E-state index contributed by atoms with van der Waals surface area (Å²) in [5.74, 6) is 0.709. The summed E-state index contributed by atoms with van der Waals surface area (Å²) in [4.78, 5) is 12.4. The zero-order valence-electron chi connectivity index (χ0n) is 14.3. The van der Waals surface area contributed by atoms with Crippen LogP contribution in [-0.4, -0.2) is 31.9 Å². The van der Waals surface area contributed by atoms with E-state index in [2.05, 4.69) is 27.5 Å². The van der Waals surface area contributed by atoms with Gasteiger partial charge in [0.2, 0.25) is 0 Å². The predicted molar refractivity (Wildman–Crippen MR) is 89.1 cm³/mol. The van der Waals surface area contributed by atoms with E-state index in [4.69, 9.17) is 0 Å². The van der Waals surface area contributed by atoms with Gasteiger partial charge in [-0.25, -0.2) is 0 Å². The van der Waals surface area contributed by atoms with Gasteiger partial charge in [-0.15, -0.1) is 0 Å². The molecule has 3 rings (SSSR count). The van der Waals surface area contributed by atoms with Gasteiger partial charge in [-0.1, -0.05) is 6.92 Å². The highest BCUT2D eigenvalue weighted by atomic mass is 16.2. The number of aromatic nitrogens is 4. The maximum Gasteiger partial charge on any atom is 0.269 e. The molecule has 0 aliphatic heterocycles. The lowest BCUT2D eigenvalue weighted by molar-refractivity contribution is 0.0918. The lowest BCUT2D eigenvalue weighted by atomic mass is 9.87. The Morgan fingerprint density at radius 3 is 2.61 bits per heavy atom. The van der Waals surface area contributed by atoms with Crippen molar-refractivity contribution in [3.05, 3.63) is 23.1 Å². The lowest BCUT2D eigenvalue weighted by Gasteiger charge is -2.26. The van der Waals surface area contributed by atoms with Crippen LogP contribution in [-0.2, 0) is 7.05 Å². The topological polar surface area (TPSA) is 75.6 Å². The number of hydrogen-bond acceptors (Lipinski definition) is 3. The molecule has 1 amide bonds. The number of aryl methyl sites for hydroxylation is 2. The minimum atomic E-state index is -0.0671. The van der Waals surface area contributed by atoms with Gasteiger partial charge in [-0.05, 0) is 51.5 Å². The molecule has 1 fully saturated rings. The van der Waals surface area contributed by atoms with Gasteiger partial charge in [0, 0.05) is 24.3 Å². The van der Waals surface area contributed by atoms with Crippen molar-refractivity contribution in [2.45, 2.75) is 52.5 Å². The molecule has 0 atom stereocenters. The van der Waals surface area contributed by atoms with Crippen LogP contribution in [0.2, 0.25) is 0 Å². The molecule has 0 unspecified atom stereocenters. The van der Waals surface area contributed by atoms with Gasteiger partial charge in [0.25, 0.3) is 5.91 Å². The molecular weight excluding hydrogens is 290 g/mol. The molecule has 2 heterocycles. The van der Waals surface area contributed by atoms with Crippen molar-refractivity contribution in [3.8, 4) is 11.3 Å². The van der Waals surface area contributed by atoms with Crippen LogP contribution < -0.4 is 5.32 Å². The van der Waals surface area contributed by atoms with E-state index in [0.717, 1.165) is 41.4 Å². The maximum atomic E-state index is 12.4. The molecule has 1 aliphatic carbocycles. The largest absolute Gasteiger partial charge is 0.348 e. The van der Waals surface area contributed by atoms with Crippen molar-refractivity contribution in [3.63, 3.8) is 0 Å². The predicted octanol–water partition coefficient (Wildman–Crippen LogP) is 2.74. The number of nitrogens with zero attached hydrogens (tertiary/aromatic N) is 3. The second-order valence-electron chi connectivity index (χ2n) is 6.77. The number of rotatable bonds is 3. The summed E-state index contributed by atoms with van der Waals surface area (Å²) in [6.07, 6.45) is 4.50. The molecule has 6 nitrogen and oxygen atoms in total. The van der Waals surface area contributed by atoms with Crippen LogP contribution >= 0.6 is 0 Å². The molecule has 124 valence electrons. The molecule has 23 heavy (non-hydrogen) atoms. The molecule has 0 aromatic carbocycles. The highest BCUT2D eigenvalue weighted by Crippen LogP contribution is 2.26. The van der Waals surface area contributed by atoms with E-state index in [1.54, 1.807) is 0 Å². The van der Waals surface area contributed by atoms with Crippen molar-refractivity contribution in [2.24, 2.45) is 13.0 Å². The molecule has 0 spiro atoms. The molecule has 0 bridgehead atoms. The van der Waals surface area contributed by atoms with Crippen molar-refractivity contribution in [2.75, 3.05) is 0 Å². The van der Waals surface area contributed by atoms with E-state index in [9.17, 15) is 4.79 Å². The maximum absolute atomic E-state index is 12.4. The van der Waals surface area contributed by atoms with Gasteiger partial charge >= 0.3 is 0 Å². The Balaban J connectivity index is 1.72. The Bertz CT molecular complexity index is 707. The van der Waals surface area contributed by atoms with E-state index >= 15 is 0 Å². The Hall–Kier alpha value is -2.11. The van der Waals surface area contributed by atoms with Crippen LogP contribution in [0.3, 0.4) is 0 Å². The van der Waals surface area contributed by atoms with Crippen molar-refractivity contribution < 1.29 is 4.79 Å². The van der Waals surface area contributed by atoms with E-state index < -0.39 is 0 Å². The summed E-state index contributed by atoms with van der Waals surface area (Å²) in [6.45, 7) is 6.24. The molecule has 1 aliphatic rings. The number of aromatic amines is 1. The van der Waals surface area contributed by atoms with Gasteiger partial charge < -0.3 is 5.32 Å². The number of H-pyrrole nitrogens is 1. The van der Waals surface area contributed by atoms with Gasteiger partial charge in [0.05, 0.1) is 11.4 Å². The Morgan fingerprint density at radius 2 is 2.00 bits per heavy atom. The quantitative estimate of drug-likeness (QED) is 0.914. The van der Waals surface area contributed by atoms with Crippen LogP contribution in [0, 0.1) is 19.8 Å². The fourth-order valence-corrected chi connectivity index (χ4v) is 3.38. The monoisotopic (exact) mass is 315 g/mol. The third kappa shape index (κ3) is 3.16. The van der Waals surface area contributed by atoms with Crippen LogP contribution in [0.25, 0.3) is 11.3 Å². The first kappa shape index (κ1) is 15.8. The first-order valence-electron chi connectivity index (χ1n) is 8.32. The second-order valence-corrected chi connectivity index (χ2v) is 6.77. The van der Waals surface area contributed by atoms with Crippen molar-refractivity contribution in [1.29, 1.82) is 0 Å². The Kier molecular flexibility index (Phi) is 4.24. The highest BCUT2D eigenvalue weighted by Gasteiger charge is 2.22. The number of amides is 1. The van der Waals surface area contributed by atoms with Crippen molar-refractivity contribution in [1.82, 2.24) is 25.3 Å².